The summed E-state index contributed by atoms with van der Waals surface area (Å²) in [7, 11) is 0. The van der Waals surface area contributed by atoms with Crippen LogP contribution < -0.4 is 0 Å². The molecule has 94 valence electrons. The molecule has 16 heavy (non-hydrogen) atoms. The van der Waals surface area contributed by atoms with Gasteiger partial charge in [-0.1, -0.05) is 44.6 Å². The van der Waals surface area contributed by atoms with E-state index in [-0.39, 0.29) is 6.29 Å². The van der Waals surface area contributed by atoms with Crippen LogP contribution in [0.15, 0.2) is 24.3 Å². The Labute approximate surface area is 100 Å². The molecule has 2 nitrogen and oxygen atoms in total. The molecule has 0 aliphatic carbocycles. The molecule has 0 spiro atoms. The van der Waals surface area contributed by atoms with Crippen molar-refractivity contribution in [1.82, 2.24) is 0 Å². The van der Waals surface area contributed by atoms with Crippen LogP contribution in [0.25, 0.3) is 0 Å². The summed E-state index contributed by atoms with van der Waals surface area (Å²) in [6.07, 6.45) is 12.8. The summed E-state index contributed by atoms with van der Waals surface area (Å²) in [6.45, 7) is 7.62. The monoisotopic (exact) mass is 226 g/mol. The molecule has 1 atom stereocenters. The molecule has 0 bridgehead atoms. The highest BCUT2D eigenvalue weighted by atomic mass is 16.7. The van der Waals surface area contributed by atoms with E-state index in [1.807, 2.05) is 6.92 Å². The fourth-order valence-electron chi connectivity index (χ4n) is 1.18. The van der Waals surface area contributed by atoms with E-state index in [1.54, 1.807) is 0 Å². The Morgan fingerprint density at radius 3 is 2.38 bits per heavy atom. The molecule has 0 aromatic rings. The van der Waals surface area contributed by atoms with Gasteiger partial charge in [-0.2, -0.15) is 0 Å². The normalized spacial score (nSPS) is 13.9. The van der Waals surface area contributed by atoms with E-state index in [0.717, 1.165) is 25.9 Å². The van der Waals surface area contributed by atoms with E-state index in [1.165, 1.54) is 6.42 Å². The lowest BCUT2D eigenvalue weighted by atomic mass is 10.3. The van der Waals surface area contributed by atoms with E-state index in [0.29, 0.717) is 6.61 Å². The quantitative estimate of drug-likeness (QED) is 0.317. The molecule has 0 saturated carbocycles. The van der Waals surface area contributed by atoms with Crippen LogP contribution in [0.3, 0.4) is 0 Å². The van der Waals surface area contributed by atoms with Gasteiger partial charge in [0.25, 0.3) is 0 Å². The van der Waals surface area contributed by atoms with Crippen LogP contribution in [0.5, 0.6) is 0 Å². The zero-order chi connectivity index (χ0) is 12.1. The molecule has 0 aliphatic heterocycles. The maximum Gasteiger partial charge on any atom is 0.155 e. The maximum atomic E-state index is 5.49. The molecule has 0 aromatic heterocycles. The summed E-state index contributed by atoms with van der Waals surface area (Å²) in [5, 5.41) is 0. The molecule has 0 fully saturated rings. The third kappa shape index (κ3) is 11.5. The Bertz CT molecular complexity index is 185. The van der Waals surface area contributed by atoms with E-state index in [4.69, 9.17) is 9.47 Å². The first-order valence-corrected chi connectivity index (χ1v) is 6.34. The van der Waals surface area contributed by atoms with Gasteiger partial charge in [0.1, 0.15) is 0 Å². The van der Waals surface area contributed by atoms with Gasteiger partial charge in [0, 0.05) is 0 Å². The van der Waals surface area contributed by atoms with Crippen LogP contribution in [0.2, 0.25) is 0 Å². The second-order valence-corrected chi connectivity index (χ2v) is 3.70. The van der Waals surface area contributed by atoms with Gasteiger partial charge in [-0.25, -0.2) is 0 Å². The Morgan fingerprint density at radius 2 is 1.69 bits per heavy atom. The molecule has 0 amide bonds. The third-order valence-electron chi connectivity index (χ3n) is 2.09. The minimum Gasteiger partial charge on any atom is -0.353 e. The van der Waals surface area contributed by atoms with Crippen molar-refractivity contribution in [2.24, 2.45) is 0 Å². The third-order valence-corrected chi connectivity index (χ3v) is 2.09. The average Bonchev–Trinajstić information content (AvgIpc) is 2.28. The Morgan fingerprint density at radius 1 is 0.938 bits per heavy atom. The smallest absolute Gasteiger partial charge is 0.155 e. The van der Waals surface area contributed by atoms with Crippen molar-refractivity contribution in [2.45, 2.75) is 52.7 Å². The number of hydrogen-bond acceptors (Lipinski definition) is 2. The summed E-state index contributed by atoms with van der Waals surface area (Å²) >= 11 is 0. The van der Waals surface area contributed by atoms with Crippen LogP contribution >= 0.6 is 0 Å². The van der Waals surface area contributed by atoms with Crippen LogP contribution in [0.4, 0.5) is 0 Å². The summed E-state index contributed by atoms with van der Waals surface area (Å²) in [5.74, 6) is 0. The number of unbranched alkanes of at least 4 members (excludes halogenated alkanes) is 1. The lowest BCUT2D eigenvalue weighted by Gasteiger charge is -2.11. The topological polar surface area (TPSA) is 18.5 Å². The van der Waals surface area contributed by atoms with Gasteiger partial charge < -0.3 is 9.47 Å². The van der Waals surface area contributed by atoms with Crippen molar-refractivity contribution in [3.8, 4) is 0 Å². The predicted molar refractivity (Wildman–Crippen MR) is 69.5 cm³/mol. The van der Waals surface area contributed by atoms with Gasteiger partial charge in [-0.05, 0) is 26.2 Å². The molecule has 0 heterocycles. The fraction of sp³-hybridized carbons (Fsp3) is 0.714. The van der Waals surface area contributed by atoms with E-state index >= 15 is 0 Å². The minimum absolute atomic E-state index is 0.110. The second-order valence-electron chi connectivity index (χ2n) is 3.70. The number of ether oxygens (including phenoxy) is 2. The first-order chi connectivity index (χ1) is 7.81. The minimum atomic E-state index is -0.110. The van der Waals surface area contributed by atoms with Crippen LogP contribution in [-0.4, -0.2) is 19.5 Å². The van der Waals surface area contributed by atoms with E-state index in [9.17, 15) is 0 Å². The molecular weight excluding hydrogens is 200 g/mol. The van der Waals surface area contributed by atoms with E-state index in [2.05, 4.69) is 38.2 Å². The number of allylic oxidation sites excluding steroid dienone is 2. The Hall–Kier alpha value is -0.600. The molecule has 2 heteroatoms. The van der Waals surface area contributed by atoms with Gasteiger partial charge in [0.15, 0.2) is 6.29 Å². The largest absolute Gasteiger partial charge is 0.353 e. The van der Waals surface area contributed by atoms with Gasteiger partial charge >= 0.3 is 0 Å². The zero-order valence-electron chi connectivity index (χ0n) is 10.9. The summed E-state index contributed by atoms with van der Waals surface area (Å²) in [4.78, 5) is 0. The lowest BCUT2D eigenvalue weighted by Crippen LogP contribution is -2.13. The molecule has 0 aliphatic rings. The standard InChI is InChI=1S/C14H26O2/c1-4-6-8-10-12-15-14(3)16-13-11-9-7-5-2/h6,8-9,11,14H,4-5,7,10,12-13H2,1-3H3/b8-6-,11-9+. The molecule has 0 N–H and O–H groups in total. The first-order valence-electron chi connectivity index (χ1n) is 6.34. The van der Waals surface area contributed by atoms with Crippen LogP contribution in [0.1, 0.15) is 46.5 Å². The van der Waals surface area contributed by atoms with Crippen molar-refractivity contribution < 1.29 is 9.47 Å². The molecule has 0 saturated heterocycles. The summed E-state index contributed by atoms with van der Waals surface area (Å²) in [6, 6.07) is 0. The van der Waals surface area contributed by atoms with Crippen molar-refractivity contribution in [3.63, 3.8) is 0 Å². The second kappa shape index (κ2) is 12.5. The SMILES string of the molecule is CC/C=C\CCOC(C)OC/C=C/CCC. The Kier molecular flexibility index (Phi) is 12.0. The highest BCUT2D eigenvalue weighted by Gasteiger charge is 1.98. The highest BCUT2D eigenvalue weighted by molar-refractivity contribution is 4.81. The molecule has 1 unspecified atom stereocenters. The fourth-order valence-corrected chi connectivity index (χ4v) is 1.18. The lowest BCUT2D eigenvalue weighted by molar-refractivity contribution is -0.121. The number of rotatable bonds is 10. The average molecular weight is 226 g/mol. The molecular formula is C14H26O2. The molecule has 0 aromatic carbocycles. The van der Waals surface area contributed by atoms with Crippen LogP contribution in [0, 0.1) is 0 Å². The van der Waals surface area contributed by atoms with Gasteiger partial charge in [-0.3, -0.25) is 0 Å². The Balaban J connectivity index is 3.30. The highest BCUT2D eigenvalue weighted by Crippen LogP contribution is 1.97. The first kappa shape index (κ1) is 15.4. The summed E-state index contributed by atoms with van der Waals surface area (Å²) in [5.41, 5.74) is 0. The number of hydrogen-bond donors (Lipinski definition) is 0. The van der Waals surface area contributed by atoms with Crippen molar-refractivity contribution >= 4 is 0 Å². The zero-order valence-corrected chi connectivity index (χ0v) is 10.9. The van der Waals surface area contributed by atoms with Crippen molar-refractivity contribution in [3.05, 3.63) is 24.3 Å². The van der Waals surface area contributed by atoms with Crippen LogP contribution in [-0.2, 0) is 9.47 Å². The molecule has 0 rings (SSSR count). The predicted octanol–water partition coefficient (Wildman–Crippen LogP) is 4.08. The molecule has 0 radical (unpaired) electrons. The maximum absolute atomic E-state index is 5.49. The van der Waals surface area contributed by atoms with E-state index < -0.39 is 0 Å². The summed E-state index contributed by atoms with van der Waals surface area (Å²) < 4.78 is 10.9. The van der Waals surface area contributed by atoms with Crippen molar-refractivity contribution in [1.29, 1.82) is 0 Å². The van der Waals surface area contributed by atoms with Gasteiger partial charge in [-0.15, -0.1) is 0 Å². The van der Waals surface area contributed by atoms with Crippen molar-refractivity contribution in [2.75, 3.05) is 13.2 Å². The van der Waals surface area contributed by atoms with Gasteiger partial charge in [0.2, 0.25) is 0 Å². The van der Waals surface area contributed by atoms with Gasteiger partial charge in [0.05, 0.1) is 13.2 Å².